The standard InChI is InChI=1S/C23H35N3O/c1-17-8-10-26(11-9-17)16-19-4-2-18(3-5-19)15-24-23(27)14-20-12-21-6-7-22(13-20)25-21/h2-5,17,20-22,25H,6-16H2,1H3,(H,24,27). The molecule has 2 atom stereocenters. The van der Waals surface area contributed by atoms with Crippen molar-refractivity contribution in [3.63, 3.8) is 0 Å². The quantitative estimate of drug-likeness (QED) is 0.807. The molecule has 0 aromatic heterocycles. The molecule has 3 saturated heterocycles. The molecular formula is C23H35N3O. The van der Waals surface area contributed by atoms with Gasteiger partial charge in [0.05, 0.1) is 0 Å². The molecule has 2 bridgehead atoms. The van der Waals surface area contributed by atoms with Gasteiger partial charge < -0.3 is 10.6 Å². The van der Waals surface area contributed by atoms with Gasteiger partial charge in [-0.3, -0.25) is 9.69 Å². The number of nitrogens with one attached hydrogen (secondary N) is 2. The molecule has 148 valence electrons. The van der Waals surface area contributed by atoms with Crippen LogP contribution in [-0.4, -0.2) is 36.0 Å². The highest BCUT2D eigenvalue weighted by molar-refractivity contribution is 5.76. The Kier molecular flexibility index (Phi) is 6.14. The van der Waals surface area contributed by atoms with Gasteiger partial charge in [0.2, 0.25) is 5.91 Å². The van der Waals surface area contributed by atoms with E-state index in [2.05, 4.69) is 46.7 Å². The van der Waals surface area contributed by atoms with Crippen LogP contribution in [-0.2, 0) is 17.9 Å². The molecular weight excluding hydrogens is 334 g/mol. The molecule has 3 fully saturated rings. The minimum atomic E-state index is 0.216. The van der Waals surface area contributed by atoms with Gasteiger partial charge in [-0.1, -0.05) is 31.2 Å². The third-order valence-electron chi connectivity index (χ3n) is 6.84. The number of rotatable bonds is 6. The van der Waals surface area contributed by atoms with Gasteiger partial charge in [0.25, 0.3) is 0 Å². The Morgan fingerprint density at radius 1 is 1.04 bits per heavy atom. The lowest BCUT2D eigenvalue weighted by Gasteiger charge is -2.30. The molecule has 1 aromatic carbocycles. The number of amides is 1. The van der Waals surface area contributed by atoms with Crippen LogP contribution in [0.25, 0.3) is 0 Å². The Morgan fingerprint density at radius 2 is 1.67 bits per heavy atom. The average Bonchev–Trinajstić information content (AvgIpc) is 3.01. The predicted molar refractivity (Wildman–Crippen MR) is 109 cm³/mol. The van der Waals surface area contributed by atoms with E-state index in [0.29, 0.717) is 31.0 Å². The number of fused-ring (bicyclic) bond motifs is 2. The summed E-state index contributed by atoms with van der Waals surface area (Å²) in [5.74, 6) is 1.67. The van der Waals surface area contributed by atoms with Gasteiger partial charge in [-0.25, -0.2) is 0 Å². The fourth-order valence-electron chi connectivity index (χ4n) is 5.12. The second-order valence-electron chi connectivity index (χ2n) is 9.23. The summed E-state index contributed by atoms with van der Waals surface area (Å²) in [6.45, 7) is 6.50. The second kappa shape index (κ2) is 8.74. The largest absolute Gasteiger partial charge is 0.352 e. The zero-order valence-electron chi connectivity index (χ0n) is 16.8. The van der Waals surface area contributed by atoms with Crippen LogP contribution in [0.4, 0.5) is 0 Å². The van der Waals surface area contributed by atoms with Crippen LogP contribution in [0.15, 0.2) is 24.3 Å². The van der Waals surface area contributed by atoms with Crippen LogP contribution >= 0.6 is 0 Å². The van der Waals surface area contributed by atoms with Gasteiger partial charge in [0.1, 0.15) is 0 Å². The van der Waals surface area contributed by atoms with Crippen molar-refractivity contribution in [2.24, 2.45) is 11.8 Å². The summed E-state index contributed by atoms with van der Waals surface area (Å²) in [6, 6.07) is 10.1. The fourth-order valence-corrected chi connectivity index (χ4v) is 5.12. The van der Waals surface area contributed by atoms with Crippen molar-refractivity contribution in [1.82, 2.24) is 15.5 Å². The highest BCUT2D eigenvalue weighted by atomic mass is 16.1. The SMILES string of the molecule is CC1CCN(Cc2ccc(CNC(=O)CC3CC4CCC(C3)N4)cc2)CC1. The predicted octanol–water partition coefficient (Wildman–Crippen LogP) is 3.46. The minimum absolute atomic E-state index is 0.216. The van der Waals surface area contributed by atoms with Gasteiger partial charge >= 0.3 is 0 Å². The fraction of sp³-hybridized carbons (Fsp3) is 0.696. The van der Waals surface area contributed by atoms with E-state index in [1.54, 1.807) is 0 Å². The number of carbonyl (C=O) groups excluding carboxylic acids is 1. The van der Waals surface area contributed by atoms with E-state index in [-0.39, 0.29) is 5.91 Å². The summed E-state index contributed by atoms with van der Waals surface area (Å²) >= 11 is 0. The van der Waals surface area contributed by atoms with Crippen LogP contribution in [0.3, 0.4) is 0 Å². The maximum atomic E-state index is 12.3. The Bertz CT molecular complexity index is 609. The number of benzene rings is 1. The third-order valence-corrected chi connectivity index (χ3v) is 6.84. The van der Waals surface area contributed by atoms with Crippen molar-refractivity contribution in [2.75, 3.05) is 13.1 Å². The average molecular weight is 370 g/mol. The van der Waals surface area contributed by atoms with E-state index in [4.69, 9.17) is 0 Å². The summed E-state index contributed by atoms with van der Waals surface area (Å²) in [7, 11) is 0. The summed E-state index contributed by atoms with van der Waals surface area (Å²) < 4.78 is 0. The van der Waals surface area contributed by atoms with Crippen molar-refractivity contribution < 1.29 is 4.79 Å². The molecule has 27 heavy (non-hydrogen) atoms. The van der Waals surface area contributed by atoms with Gasteiger partial charge in [0.15, 0.2) is 0 Å². The molecule has 4 nitrogen and oxygen atoms in total. The molecule has 1 aromatic rings. The molecule has 4 heteroatoms. The van der Waals surface area contributed by atoms with Crippen molar-refractivity contribution in [1.29, 1.82) is 0 Å². The smallest absolute Gasteiger partial charge is 0.220 e. The number of piperidine rings is 2. The third kappa shape index (κ3) is 5.32. The number of hydrogen-bond acceptors (Lipinski definition) is 3. The molecule has 0 spiro atoms. The van der Waals surface area contributed by atoms with Crippen LogP contribution in [0, 0.1) is 11.8 Å². The first kappa shape index (κ1) is 18.9. The first-order valence-electron chi connectivity index (χ1n) is 11.0. The van der Waals surface area contributed by atoms with E-state index in [9.17, 15) is 4.79 Å². The van der Waals surface area contributed by atoms with Gasteiger partial charge in [-0.05, 0) is 74.6 Å². The van der Waals surface area contributed by atoms with E-state index < -0.39 is 0 Å². The van der Waals surface area contributed by atoms with Crippen LogP contribution in [0.5, 0.6) is 0 Å². The molecule has 3 heterocycles. The van der Waals surface area contributed by atoms with Crippen molar-refractivity contribution >= 4 is 5.91 Å². The summed E-state index contributed by atoms with van der Waals surface area (Å²) in [4.78, 5) is 14.9. The molecule has 0 saturated carbocycles. The number of carbonyl (C=O) groups is 1. The van der Waals surface area contributed by atoms with E-state index in [0.717, 1.165) is 12.5 Å². The normalized spacial score (nSPS) is 29.0. The minimum Gasteiger partial charge on any atom is -0.352 e. The highest BCUT2D eigenvalue weighted by Gasteiger charge is 2.34. The summed E-state index contributed by atoms with van der Waals surface area (Å²) in [6.07, 6.45) is 8.28. The highest BCUT2D eigenvalue weighted by Crippen LogP contribution is 2.32. The van der Waals surface area contributed by atoms with Crippen LogP contribution in [0.1, 0.15) is 63.0 Å². The molecule has 0 radical (unpaired) electrons. The van der Waals surface area contributed by atoms with Crippen LogP contribution in [0.2, 0.25) is 0 Å². The number of hydrogen-bond donors (Lipinski definition) is 2. The van der Waals surface area contributed by atoms with Crippen LogP contribution < -0.4 is 10.6 Å². The molecule has 1 amide bonds. The Morgan fingerprint density at radius 3 is 2.33 bits per heavy atom. The first-order chi connectivity index (χ1) is 13.1. The summed E-state index contributed by atoms with van der Waals surface area (Å²) in [5.41, 5.74) is 2.58. The number of nitrogens with zero attached hydrogens (tertiary/aromatic N) is 1. The molecule has 3 aliphatic heterocycles. The van der Waals surface area contributed by atoms with Gasteiger partial charge in [-0.2, -0.15) is 0 Å². The van der Waals surface area contributed by atoms with Gasteiger partial charge in [-0.15, -0.1) is 0 Å². The second-order valence-corrected chi connectivity index (χ2v) is 9.23. The molecule has 0 aliphatic carbocycles. The Labute approximate surface area is 164 Å². The molecule has 4 rings (SSSR count). The molecule has 2 N–H and O–H groups in total. The monoisotopic (exact) mass is 369 g/mol. The van der Waals surface area contributed by atoms with Crippen molar-refractivity contribution in [3.8, 4) is 0 Å². The van der Waals surface area contributed by atoms with E-state index >= 15 is 0 Å². The lowest BCUT2D eigenvalue weighted by Crippen LogP contribution is -2.39. The molecule has 2 unspecified atom stereocenters. The zero-order chi connectivity index (χ0) is 18.6. The van der Waals surface area contributed by atoms with Gasteiger partial charge in [0, 0.05) is 31.6 Å². The number of likely N-dealkylation sites (tertiary alicyclic amines) is 1. The Hall–Kier alpha value is -1.39. The zero-order valence-corrected chi connectivity index (χ0v) is 16.8. The van der Waals surface area contributed by atoms with E-state index in [1.807, 2.05) is 0 Å². The topological polar surface area (TPSA) is 44.4 Å². The summed E-state index contributed by atoms with van der Waals surface area (Å²) in [5, 5.41) is 6.78. The first-order valence-corrected chi connectivity index (χ1v) is 11.0. The Balaban J connectivity index is 1.19. The van der Waals surface area contributed by atoms with Crippen molar-refractivity contribution in [2.45, 2.75) is 77.0 Å². The van der Waals surface area contributed by atoms with Crippen molar-refractivity contribution in [3.05, 3.63) is 35.4 Å². The van der Waals surface area contributed by atoms with E-state index in [1.165, 1.54) is 62.7 Å². The maximum absolute atomic E-state index is 12.3. The lowest BCUT2D eigenvalue weighted by molar-refractivity contribution is -0.122. The lowest BCUT2D eigenvalue weighted by atomic mass is 9.89. The molecule has 3 aliphatic rings. The maximum Gasteiger partial charge on any atom is 0.220 e.